The first kappa shape index (κ1) is 12.4. The molecule has 4 heteroatoms. The Labute approximate surface area is 99.0 Å². The molecule has 1 rings (SSSR count). The summed E-state index contributed by atoms with van der Waals surface area (Å²) in [5.74, 6) is 0.616. The Morgan fingerprint density at radius 2 is 2.20 bits per heavy atom. The first-order chi connectivity index (χ1) is 7.19. The van der Waals surface area contributed by atoms with Crippen LogP contribution in [0.5, 0.6) is 0 Å². The molecule has 15 heavy (non-hydrogen) atoms. The van der Waals surface area contributed by atoms with Gasteiger partial charge in [0, 0.05) is 4.90 Å². The average molecular weight is 245 g/mol. The molecule has 0 N–H and O–H groups in total. The van der Waals surface area contributed by atoms with Crippen LogP contribution in [0.25, 0.3) is 0 Å². The summed E-state index contributed by atoms with van der Waals surface area (Å²) in [7, 11) is 0. The highest BCUT2D eigenvalue weighted by Gasteiger charge is 2.11. The van der Waals surface area contributed by atoms with Crippen molar-refractivity contribution in [2.45, 2.75) is 18.7 Å². The first-order valence-corrected chi connectivity index (χ1v) is 6.14. The van der Waals surface area contributed by atoms with Gasteiger partial charge in [-0.1, -0.05) is 18.5 Å². The van der Waals surface area contributed by atoms with Gasteiger partial charge in [-0.3, -0.25) is 0 Å². The smallest absolute Gasteiger partial charge is 0.339 e. The van der Waals surface area contributed by atoms with Crippen LogP contribution in [0.2, 0.25) is 5.02 Å². The van der Waals surface area contributed by atoms with E-state index in [4.69, 9.17) is 16.3 Å². The van der Waals surface area contributed by atoms with E-state index < -0.39 is 0 Å². The maximum Gasteiger partial charge on any atom is 0.339 e. The topological polar surface area (TPSA) is 26.3 Å². The third-order valence-electron chi connectivity index (χ3n) is 1.75. The Hall–Kier alpha value is -0.670. The fourth-order valence-electron chi connectivity index (χ4n) is 1.13. The molecule has 0 aliphatic rings. The van der Waals surface area contributed by atoms with E-state index in [2.05, 4.69) is 6.92 Å². The molecule has 0 fully saturated rings. The van der Waals surface area contributed by atoms with Crippen LogP contribution >= 0.6 is 23.4 Å². The van der Waals surface area contributed by atoms with Gasteiger partial charge in [0.1, 0.15) is 0 Å². The highest BCUT2D eigenvalue weighted by atomic mass is 35.5. The molecule has 0 aromatic heterocycles. The number of carbonyl (C=O) groups is 1. The molecule has 0 aliphatic carbocycles. The summed E-state index contributed by atoms with van der Waals surface area (Å²) in [6.45, 7) is 4.20. The van der Waals surface area contributed by atoms with Gasteiger partial charge in [0.25, 0.3) is 0 Å². The van der Waals surface area contributed by atoms with Gasteiger partial charge in [-0.05, 0) is 30.9 Å². The van der Waals surface area contributed by atoms with Crippen molar-refractivity contribution in [3.05, 3.63) is 28.8 Å². The van der Waals surface area contributed by atoms with Crippen LogP contribution in [-0.4, -0.2) is 18.3 Å². The second kappa shape index (κ2) is 6.03. The van der Waals surface area contributed by atoms with Crippen LogP contribution in [0, 0.1) is 0 Å². The van der Waals surface area contributed by atoms with Gasteiger partial charge in [-0.15, -0.1) is 11.8 Å². The van der Waals surface area contributed by atoms with Gasteiger partial charge >= 0.3 is 5.97 Å². The molecule has 0 bridgehead atoms. The van der Waals surface area contributed by atoms with E-state index in [1.54, 1.807) is 30.8 Å². The molecule has 82 valence electrons. The maximum absolute atomic E-state index is 11.4. The third kappa shape index (κ3) is 3.43. The molecule has 0 spiro atoms. The van der Waals surface area contributed by atoms with Crippen LogP contribution in [0.4, 0.5) is 0 Å². The van der Waals surface area contributed by atoms with Gasteiger partial charge in [0.2, 0.25) is 0 Å². The lowest BCUT2D eigenvalue weighted by molar-refractivity contribution is 0.0526. The Morgan fingerprint density at radius 1 is 1.47 bits per heavy atom. The van der Waals surface area contributed by atoms with Crippen molar-refractivity contribution in [3.63, 3.8) is 0 Å². The Bertz CT molecular complexity index is 352. The van der Waals surface area contributed by atoms with Crippen LogP contribution in [-0.2, 0) is 4.74 Å². The SMILES string of the molecule is CCOC(=O)c1ccc(SCC)cc1Cl. The molecule has 0 atom stereocenters. The largest absolute Gasteiger partial charge is 0.462 e. The minimum atomic E-state index is -0.365. The van der Waals surface area contributed by atoms with Crippen LogP contribution < -0.4 is 0 Å². The lowest BCUT2D eigenvalue weighted by Gasteiger charge is -2.05. The van der Waals surface area contributed by atoms with Crippen molar-refractivity contribution in [2.75, 3.05) is 12.4 Å². The fraction of sp³-hybridized carbons (Fsp3) is 0.364. The summed E-state index contributed by atoms with van der Waals surface area (Å²) < 4.78 is 4.88. The number of carbonyl (C=O) groups excluding carboxylic acids is 1. The molecule has 0 amide bonds. The zero-order valence-corrected chi connectivity index (χ0v) is 10.3. The van der Waals surface area contributed by atoms with Crippen molar-refractivity contribution in [1.29, 1.82) is 0 Å². The van der Waals surface area contributed by atoms with E-state index in [9.17, 15) is 4.79 Å². The Balaban J connectivity index is 2.87. The predicted molar refractivity (Wildman–Crippen MR) is 63.8 cm³/mol. The quantitative estimate of drug-likeness (QED) is 0.598. The standard InChI is InChI=1S/C11H13ClO2S/c1-3-14-11(13)9-6-5-8(15-4-2)7-10(9)12/h5-7H,3-4H2,1-2H3. The molecule has 0 radical (unpaired) electrons. The van der Waals surface area contributed by atoms with Crippen LogP contribution in [0.1, 0.15) is 24.2 Å². The second-order valence-corrected chi connectivity index (χ2v) is 4.54. The molecule has 0 saturated carbocycles. The highest BCUT2D eigenvalue weighted by Crippen LogP contribution is 2.25. The summed E-state index contributed by atoms with van der Waals surface area (Å²) >= 11 is 7.67. The minimum Gasteiger partial charge on any atom is -0.462 e. The highest BCUT2D eigenvalue weighted by molar-refractivity contribution is 7.99. The van der Waals surface area contributed by atoms with Crippen molar-refractivity contribution in [2.24, 2.45) is 0 Å². The summed E-state index contributed by atoms with van der Waals surface area (Å²) in [4.78, 5) is 12.5. The van der Waals surface area contributed by atoms with E-state index in [1.807, 2.05) is 6.07 Å². The third-order valence-corrected chi connectivity index (χ3v) is 2.94. The molecule has 2 nitrogen and oxygen atoms in total. The number of halogens is 1. The zero-order valence-electron chi connectivity index (χ0n) is 8.75. The van der Waals surface area contributed by atoms with Crippen molar-refractivity contribution < 1.29 is 9.53 Å². The number of hydrogen-bond acceptors (Lipinski definition) is 3. The average Bonchev–Trinajstić information content (AvgIpc) is 2.18. The van der Waals surface area contributed by atoms with E-state index in [0.717, 1.165) is 10.6 Å². The van der Waals surface area contributed by atoms with Crippen molar-refractivity contribution in [1.82, 2.24) is 0 Å². The Morgan fingerprint density at radius 3 is 2.73 bits per heavy atom. The van der Waals surface area contributed by atoms with Gasteiger partial charge in [-0.2, -0.15) is 0 Å². The number of esters is 1. The van der Waals surface area contributed by atoms with Gasteiger partial charge in [-0.25, -0.2) is 4.79 Å². The monoisotopic (exact) mass is 244 g/mol. The summed E-state index contributed by atoms with van der Waals surface area (Å²) in [6.07, 6.45) is 0. The fourth-order valence-corrected chi connectivity index (χ4v) is 2.15. The van der Waals surface area contributed by atoms with Crippen molar-refractivity contribution in [3.8, 4) is 0 Å². The second-order valence-electron chi connectivity index (χ2n) is 2.80. The summed E-state index contributed by atoms with van der Waals surface area (Å²) in [5.41, 5.74) is 0.430. The molecule has 1 aromatic carbocycles. The molecular formula is C11H13ClO2S. The Kier molecular flexibility index (Phi) is 4.99. The molecular weight excluding hydrogens is 232 g/mol. The normalized spacial score (nSPS) is 10.1. The van der Waals surface area contributed by atoms with E-state index in [-0.39, 0.29) is 5.97 Å². The van der Waals surface area contributed by atoms with Crippen LogP contribution in [0.3, 0.4) is 0 Å². The lowest BCUT2D eigenvalue weighted by atomic mass is 10.2. The molecule has 0 heterocycles. The van der Waals surface area contributed by atoms with Crippen molar-refractivity contribution >= 4 is 29.3 Å². The molecule has 0 unspecified atom stereocenters. The lowest BCUT2D eigenvalue weighted by Crippen LogP contribution is -2.05. The molecule has 0 saturated heterocycles. The predicted octanol–water partition coefficient (Wildman–Crippen LogP) is 3.63. The van der Waals surface area contributed by atoms with E-state index in [1.165, 1.54) is 0 Å². The number of rotatable bonds is 4. The summed E-state index contributed by atoms with van der Waals surface area (Å²) in [5, 5.41) is 0.451. The zero-order chi connectivity index (χ0) is 11.3. The van der Waals surface area contributed by atoms with Crippen LogP contribution in [0.15, 0.2) is 23.1 Å². The van der Waals surface area contributed by atoms with E-state index >= 15 is 0 Å². The maximum atomic E-state index is 11.4. The number of ether oxygens (including phenoxy) is 1. The number of thioether (sulfide) groups is 1. The minimum absolute atomic E-state index is 0.362. The number of benzene rings is 1. The summed E-state index contributed by atoms with van der Waals surface area (Å²) in [6, 6.07) is 5.38. The van der Waals surface area contributed by atoms with Gasteiger partial charge in [0.05, 0.1) is 17.2 Å². The first-order valence-electron chi connectivity index (χ1n) is 4.78. The van der Waals surface area contributed by atoms with Gasteiger partial charge in [0.15, 0.2) is 0 Å². The van der Waals surface area contributed by atoms with E-state index in [0.29, 0.717) is 17.2 Å². The molecule has 1 aromatic rings. The van der Waals surface area contributed by atoms with Gasteiger partial charge < -0.3 is 4.74 Å². The number of hydrogen-bond donors (Lipinski definition) is 0. The molecule has 0 aliphatic heterocycles.